The molecule has 7 fully saturated rings. The fraction of sp³-hybridized carbons (Fsp3) is 0.920. The third-order valence-corrected chi connectivity index (χ3v) is 16.3. The highest BCUT2D eigenvalue weighted by Crippen LogP contribution is 2.38. The topological polar surface area (TPSA) is 661 Å². The van der Waals surface area contributed by atoms with E-state index in [0.29, 0.717) is 0 Å². The van der Waals surface area contributed by atoms with Crippen molar-refractivity contribution < 1.29 is 193 Å². The summed E-state index contributed by atoms with van der Waals surface area (Å²) in [4.78, 5) is 48.0. The Balaban J connectivity index is 1.06. The van der Waals surface area contributed by atoms with Crippen molar-refractivity contribution in [2.75, 3.05) is 52.9 Å². The standard InChI is InChI=1S/C50H83N3O39/c1-12(62)52-21-26(67)36(18(7-58)83-45(21)90-40-24(65)16(5-56)82-50(34(40)75)88-38-20(9-60)85-46(32(73)30(38)71)79-10-14(3-54)51-11-61)86-48-33(74)39(23(64)15(4-55)80-48)89-44-22(53-13(2)63)27(68)37(19(8-59)84-44)87-49-35(76)41(25(66)17(6-57)81-49)91-47-31(72)28(69)29(70)42(92-47)43(77)78/h11,14-42,44-50,54-60,64-76H,3-10H2,1-2H3,(H,51,61)(H,52,62)(H,53,63)(H,77,78)/p-1/t14-,15-,16-,17-,18-,19-,20-,21-,22-,23+,24+,25+,26-,27-,28+,29+,30-,31-,32-,33-,34-,35-,36-,37-,38-,39+,40+,41+,42+,44+,45+,46-,47-,48+,49+,50+/m1/s1. The lowest BCUT2D eigenvalue weighted by molar-refractivity contribution is -0.391. The van der Waals surface area contributed by atoms with Crippen LogP contribution >= 0.6 is 0 Å². The summed E-state index contributed by atoms with van der Waals surface area (Å²) in [6.45, 7) is -5.59. The van der Waals surface area contributed by atoms with Crippen LogP contribution in [0.3, 0.4) is 0 Å². The van der Waals surface area contributed by atoms with Crippen LogP contribution in [0.5, 0.6) is 0 Å². The van der Waals surface area contributed by atoms with Crippen molar-refractivity contribution in [3.8, 4) is 0 Å². The van der Waals surface area contributed by atoms with Gasteiger partial charge in [0.15, 0.2) is 44.0 Å². The van der Waals surface area contributed by atoms with E-state index in [4.69, 9.17) is 66.3 Å². The number of carbonyl (C=O) groups is 4. The molecule has 0 radical (unpaired) electrons. The van der Waals surface area contributed by atoms with Gasteiger partial charge in [-0.05, 0) is 0 Å². The van der Waals surface area contributed by atoms with E-state index in [9.17, 15) is 126 Å². The first-order valence-electron chi connectivity index (χ1n) is 28.8. The predicted octanol–water partition coefficient (Wildman–Crippen LogP) is -18.1. The predicted molar refractivity (Wildman–Crippen MR) is 277 cm³/mol. The van der Waals surface area contributed by atoms with Crippen LogP contribution in [-0.2, 0) is 85.5 Å². The lowest BCUT2D eigenvalue weighted by atomic mass is 9.93. The number of hydrogen-bond donors (Lipinski definition) is 23. The van der Waals surface area contributed by atoms with Crippen molar-refractivity contribution in [1.82, 2.24) is 16.0 Å². The molecule has 92 heavy (non-hydrogen) atoms. The molecule has 0 spiro atoms. The third-order valence-electron chi connectivity index (χ3n) is 16.3. The number of aliphatic hydroxyl groups excluding tert-OH is 20. The number of amides is 3. The molecule has 42 heteroatoms. The van der Waals surface area contributed by atoms with E-state index in [1.54, 1.807) is 0 Å². The fourth-order valence-electron chi connectivity index (χ4n) is 11.4. The Morgan fingerprint density at radius 1 is 0.391 bits per heavy atom. The van der Waals surface area contributed by atoms with Gasteiger partial charge in [0, 0.05) is 13.8 Å². The van der Waals surface area contributed by atoms with E-state index in [1.807, 2.05) is 0 Å². The number of rotatable bonds is 27. The summed E-state index contributed by atoms with van der Waals surface area (Å²) in [5, 5.41) is 236. The van der Waals surface area contributed by atoms with E-state index >= 15 is 0 Å². The van der Waals surface area contributed by atoms with E-state index < -0.39 is 291 Å². The maximum Gasteiger partial charge on any atom is 0.217 e. The smallest absolute Gasteiger partial charge is 0.217 e. The average Bonchev–Trinajstić information content (AvgIpc) is 0.782. The molecule has 0 aliphatic carbocycles. The second-order valence-corrected chi connectivity index (χ2v) is 22.5. The number of carboxylic acids is 1. The molecule has 0 bridgehead atoms. The lowest BCUT2D eigenvalue weighted by Crippen LogP contribution is -2.71. The van der Waals surface area contributed by atoms with Gasteiger partial charge in [-0.25, -0.2) is 0 Å². The summed E-state index contributed by atoms with van der Waals surface area (Å²) in [5.41, 5.74) is 0. The number of aliphatic carboxylic acids is 1. The normalized spacial score (nSPS) is 47.2. The number of aliphatic hydroxyl groups is 20. The first-order valence-corrected chi connectivity index (χ1v) is 28.8. The Morgan fingerprint density at radius 2 is 0.707 bits per heavy atom. The van der Waals surface area contributed by atoms with Crippen molar-refractivity contribution in [3.05, 3.63) is 0 Å². The fourth-order valence-corrected chi connectivity index (χ4v) is 11.4. The summed E-state index contributed by atoms with van der Waals surface area (Å²) in [5.74, 6) is -3.91. The van der Waals surface area contributed by atoms with Gasteiger partial charge in [-0.15, -0.1) is 0 Å². The molecule has 0 aromatic rings. The van der Waals surface area contributed by atoms with Crippen LogP contribution in [0.25, 0.3) is 0 Å². The van der Waals surface area contributed by atoms with Crippen LogP contribution in [0.2, 0.25) is 0 Å². The molecule has 42 nitrogen and oxygen atoms in total. The molecular formula is C50H82N3O39-. The van der Waals surface area contributed by atoms with Crippen LogP contribution in [0.15, 0.2) is 0 Å². The van der Waals surface area contributed by atoms with E-state index in [2.05, 4.69) is 16.0 Å². The Kier molecular flexibility index (Phi) is 27.8. The van der Waals surface area contributed by atoms with Crippen LogP contribution in [0, 0.1) is 0 Å². The van der Waals surface area contributed by atoms with Crippen LogP contribution in [-0.4, -0.2) is 400 Å². The molecule has 7 rings (SSSR count). The van der Waals surface area contributed by atoms with Gasteiger partial charge >= 0.3 is 0 Å². The lowest BCUT2D eigenvalue weighted by Gasteiger charge is -2.51. The molecule has 0 aromatic heterocycles. The van der Waals surface area contributed by atoms with Gasteiger partial charge in [-0.2, -0.15) is 0 Å². The first kappa shape index (κ1) is 75.9. The highest BCUT2D eigenvalue weighted by Gasteiger charge is 2.59. The molecule has 7 saturated heterocycles. The summed E-state index contributed by atoms with van der Waals surface area (Å²) in [6.07, 6.45) is -67.2. The summed E-state index contributed by atoms with van der Waals surface area (Å²) in [6, 6.07) is -4.76. The summed E-state index contributed by atoms with van der Waals surface area (Å²) >= 11 is 0. The van der Waals surface area contributed by atoms with E-state index in [1.165, 1.54) is 0 Å². The second-order valence-electron chi connectivity index (χ2n) is 22.5. The van der Waals surface area contributed by atoms with Gasteiger partial charge in [0.05, 0.1) is 64.9 Å². The zero-order chi connectivity index (χ0) is 67.9. The highest BCUT2D eigenvalue weighted by molar-refractivity contribution is 5.73. The van der Waals surface area contributed by atoms with Crippen LogP contribution in [0.4, 0.5) is 0 Å². The molecule has 7 heterocycles. The quantitative estimate of drug-likeness (QED) is 0.0340. The van der Waals surface area contributed by atoms with Crippen molar-refractivity contribution in [3.63, 3.8) is 0 Å². The van der Waals surface area contributed by atoms with Crippen LogP contribution < -0.4 is 21.1 Å². The Hall–Kier alpha value is -3.48. The van der Waals surface area contributed by atoms with Gasteiger partial charge in [-0.1, -0.05) is 0 Å². The molecule has 23 N–H and O–H groups in total. The molecule has 3 amide bonds. The Bertz CT molecular complexity index is 2330. The molecule has 0 saturated carbocycles. The maximum atomic E-state index is 12.8. The van der Waals surface area contributed by atoms with E-state index in [0.717, 1.165) is 13.8 Å². The molecule has 0 unspecified atom stereocenters. The zero-order valence-corrected chi connectivity index (χ0v) is 48.7. The first-order chi connectivity index (χ1) is 43.6. The van der Waals surface area contributed by atoms with E-state index in [-0.39, 0.29) is 6.41 Å². The number of carbonyl (C=O) groups excluding carboxylic acids is 4. The van der Waals surface area contributed by atoms with Crippen molar-refractivity contribution in [2.45, 2.75) is 235 Å². The molecule has 36 atom stereocenters. The third kappa shape index (κ3) is 16.7. The number of ether oxygens (including phenoxy) is 14. The summed E-state index contributed by atoms with van der Waals surface area (Å²) in [7, 11) is 0. The van der Waals surface area contributed by atoms with Gasteiger partial charge in [-0.3, -0.25) is 14.4 Å². The molecule has 7 aliphatic rings. The SMILES string of the molecule is CC(=O)N[C@H]1[C@H](O[C@H]2[C@@H](O)[C@@H](CO)O[C@@H](O[C@H]3[C@H](O)[C@@H](O)[C@H](OC[C@@H](CO)NC=O)O[C@@H]3CO)[C@@H]2O)O[C@H](CO)[C@@H](O[C@@H]2O[C@H](CO)[C@H](O)[C@H](O[C@@H]3O[C@H](CO)[C@@H](O[C@@H]4O[C@H](CO)[C@H](O)[C@H](O[C@@H]5O[C@H](C(=O)[O-])[C@@H](O)[C@H](O)[C@H]5O)[C@H]4O)[C@H](O)[C@H]3NC(C)=O)[C@H]2O)[C@@H]1O. The summed E-state index contributed by atoms with van der Waals surface area (Å²) < 4.78 is 79.7. The van der Waals surface area contributed by atoms with Crippen LogP contribution in [0.1, 0.15) is 13.8 Å². The zero-order valence-electron chi connectivity index (χ0n) is 48.7. The number of nitrogens with one attached hydrogen (secondary N) is 3. The Morgan fingerprint density at radius 3 is 1.04 bits per heavy atom. The van der Waals surface area contributed by atoms with Crippen molar-refractivity contribution >= 4 is 24.2 Å². The van der Waals surface area contributed by atoms with Crippen molar-refractivity contribution in [1.29, 1.82) is 0 Å². The monoisotopic (exact) mass is 1350 g/mol. The largest absolute Gasteiger partial charge is 0.547 e. The number of hydrogen-bond acceptors (Lipinski definition) is 39. The minimum atomic E-state index is -2.32. The second kappa shape index (κ2) is 33.7. The van der Waals surface area contributed by atoms with Gasteiger partial charge < -0.3 is 194 Å². The molecule has 532 valence electrons. The molecular weight excluding hydrogens is 1270 g/mol. The minimum absolute atomic E-state index is 0.262. The molecule has 7 aliphatic heterocycles. The average molecular weight is 1350 g/mol. The molecule has 0 aromatic carbocycles. The number of carboxylic acid groups (broad SMARTS) is 1. The van der Waals surface area contributed by atoms with Crippen molar-refractivity contribution in [2.24, 2.45) is 0 Å². The van der Waals surface area contributed by atoms with Gasteiger partial charge in [0.1, 0.15) is 171 Å². The van der Waals surface area contributed by atoms with Gasteiger partial charge in [0.2, 0.25) is 18.2 Å². The maximum absolute atomic E-state index is 12.8. The van der Waals surface area contributed by atoms with Gasteiger partial charge in [0.25, 0.3) is 0 Å². The Labute approximate surface area is 519 Å². The minimum Gasteiger partial charge on any atom is -0.547 e. The highest BCUT2D eigenvalue weighted by atomic mass is 16.8.